The minimum atomic E-state index is -1.15. The number of hydrogen-bond acceptors (Lipinski definition) is 5. The summed E-state index contributed by atoms with van der Waals surface area (Å²) in [6.07, 6.45) is 2.38. The number of anilines is 1. The van der Waals surface area contributed by atoms with Crippen molar-refractivity contribution in [2.24, 2.45) is 0 Å². The van der Waals surface area contributed by atoms with Crippen LogP contribution in [0.25, 0.3) is 0 Å². The van der Waals surface area contributed by atoms with Crippen molar-refractivity contribution in [1.29, 1.82) is 0 Å². The number of aromatic amines is 1. The highest BCUT2D eigenvalue weighted by Gasteiger charge is 2.17. The van der Waals surface area contributed by atoms with Gasteiger partial charge in [0.2, 0.25) is 5.69 Å². The molecular weight excluding hydrogens is 260 g/mol. The third kappa shape index (κ3) is 2.42. The number of hydrogen-bond donors (Lipinski definition) is 2. The normalized spacial score (nSPS) is 14.5. The molecule has 1 aliphatic rings. The number of carboxylic acid groups (broad SMARTS) is 1. The van der Waals surface area contributed by atoms with Crippen molar-refractivity contribution in [2.75, 3.05) is 18.0 Å². The van der Waals surface area contributed by atoms with Gasteiger partial charge in [-0.05, 0) is 25.0 Å². The van der Waals surface area contributed by atoms with E-state index in [0.717, 1.165) is 18.8 Å². The van der Waals surface area contributed by atoms with E-state index < -0.39 is 5.97 Å². The molecule has 1 saturated heterocycles. The van der Waals surface area contributed by atoms with E-state index in [4.69, 9.17) is 9.84 Å². The van der Waals surface area contributed by atoms with E-state index in [1.54, 1.807) is 6.07 Å². The van der Waals surface area contributed by atoms with Gasteiger partial charge in [-0.3, -0.25) is 0 Å². The molecule has 7 nitrogen and oxygen atoms in total. The quantitative estimate of drug-likeness (QED) is 0.884. The van der Waals surface area contributed by atoms with Crippen LogP contribution in [0.3, 0.4) is 0 Å². The summed E-state index contributed by atoms with van der Waals surface area (Å²) in [5.74, 6) is -0.637. The number of aromatic carboxylic acids is 1. The number of carbonyl (C=O) groups is 1. The second-order valence-corrected chi connectivity index (χ2v) is 4.59. The number of H-pyrrole nitrogens is 1. The second-order valence-electron chi connectivity index (χ2n) is 4.59. The summed E-state index contributed by atoms with van der Waals surface area (Å²) in [5.41, 5.74) is 0.914. The van der Waals surface area contributed by atoms with Gasteiger partial charge in [-0.1, -0.05) is 16.4 Å². The van der Waals surface area contributed by atoms with Crippen LogP contribution in [0, 0.1) is 0 Å². The Kier molecular flexibility index (Phi) is 3.24. The highest BCUT2D eigenvalue weighted by atomic mass is 16.5. The minimum absolute atomic E-state index is 0.0314. The molecule has 0 atom stereocenters. The van der Waals surface area contributed by atoms with Crippen molar-refractivity contribution in [3.05, 3.63) is 30.0 Å². The third-order valence-electron chi connectivity index (χ3n) is 3.23. The molecule has 0 spiro atoms. The molecule has 0 aliphatic carbocycles. The number of ether oxygens (including phenoxy) is 1. The lowest BCUT2D eigenvalue weighted by Gasteiger charge is -2.18. The van der Waals surface area contributed by atoms with E-state index in [1.807, 2.05) is 18.2 Å². The van der Waals surface area contributed by atoms with E-state index in [1.165, 1.54) is 12.8 Å². The lowest BCUT2D eigenvalue weighted by molar-refractivity contribution is 0.0687. The summed E-state index contributed by atoms with van der Waals surface area (Å²) in [4.78, 5) is 13.2. The molecule has 1 aromatic carbocycles. The molecule has 1 fully saturated rings. The molecular formula is C13H14N4O3. The van der Waals surface area contributed by atoms with Crippen molar-refractivity contribution in [3.63, 3.8) is 0 Å². The number of aromatic nitrogens is 3. The first kappa shape index (κ1) is 12.5. The number of nitrogens with zero attached hydrogens (tertiary/aromatic N) is 3. The van der Waals surface area contributed by atoms with Crippen LogP contribution in [0.4, 0.5) is 5.69 Å². The SMILES string of the molecule is O=C(O)c1[nH]nnc1Oc1cccc(N2CCCC2)c1. The molecule has 104 valence electrons. The molecule has 20 heavy (non-hydrogen) atoms. The Morgan fingerprint density at radius 2 is 2.15 bits per heavy atom. The van der Waals surface area contributed by atoms with E-state index in [-0.39, 0.29) is 11.6 Å². The molecule has 0 amide bonds. The minimum Gasteiger partial charge on any atom is -0.476 e. The summed E-state index contributed by atoms with van der Waals surface area (Å²) < 4.78 is 5.50. The predicted octanol–water partition coefficient (Wildman–Crippen LogP) is 1.90. The van der Waals surface area contributed by atoms with Crippen LogP contribution in [-0.4, -0.2) is 39.6 Å². The Bertz CT molecular complexity index is 620. The first-order valence-electron chi connectivity index (χ1n) is 6.41. The molecule has 1 aromatic heterocycles. The fourth-order valence-electron chi connectivity index (χ4n) is 2.26. The standard InChI is InChI=1S/C13H14N4O3/c18-13(19)11-12(15-16-14-11)20-10-5-3-4-9(8-10)17-6-1-2-7-17/h3-5,8H,1-2,6-7H2,(H,18,19)(H,14,15,16). The van der Waals surface area contributed by atoms with E-state index in [9.17, 15) is 4.79 Å². The fraction of sp³-hybridized carbons (Fsp3) is 0.308. The zero-order valence-corrected chi connectivity index (χ0v) is 10.7. The van der Waals surface area contributed by atoms with Crippen LogP contribution in [0.5, 0.6) is 11.6 Å². The van der Waals surface area contributed by atoms with Crippen molar-refractivity contribution >= 4 is 11.7 Å². The van der Waals surface area contributed by atoms with Gasteiger partial charge in [-0.25, -0.2) is 9.89 Å². The van der Waals surface area contributed by atoms with Crippen LogP contribution in [0.1, 0.15) is 23.3 Å². The zero-order chi connectivity index (χ0) is 13.9. The molecule has 3 rings (SSSR count). The molecule has 1 aliphatic heterocycles. The summed E-state index contributed by atoms with van der Waals surface area (Å²) in [7, 11) is 0. The molecule has 2 heterocycles. The number of carboxylic acids is 1. The average molecular weight is 274 g/mol. The maximum absolute atomic E-state index is 10.9. The topological polar surface area (TPSA) is 91.3 Å². The molecule has 0 saturated carbocycles. The maximum Gasteiger partial charge on any atom is 0.359 e. The van der Waals surface area contributed by atoms with E-state index >= 15 is 0 Å². The monoisotopic (exact) mass is 274 g/mol. The van der Waals surface area contributed by atoms with Crippen molar-refractivity contribution in [1.82, 2.24) is 15.4 Å². The largest absolute Gasteiger partial charge is 0.476 e. The van der Waals surface area contributed by atoms with Gasteiger partial charge in [0, 0.05) is 24.8 Å². The van der Waals surface area contributed by atoms with Gasteiger partial charge in [-0.2, -0.15) is 0 Å². The van der Waals surface area contributed by atoms with Crippen LogP contribution >= 0.6 is 0 Å². The second kappa shape index (κ2) is 5.20. The Balaban J connectivity index is 1.82. The first-order valence-corrected chi connectivity index (χ1v) is 6.41. The van der Waals surface area contributed by atoms with Gasteiger partial charge in [0.15, 0.2) is 0 Å². The fourth-order valence-corrected chi connectivity index (χ4v) is 2.26. The first-order chi connectivity index (χ1) is 9.74. The highest BCUT2D eigenvalue weighted by molar-refractivity contribution is 5.87. The third-order valence-corrected chi connectivity index (χ3v) is 3.23. The van der Waals surface area contributed by atoms with Gasteiger partial charge < -0.3 is 14.7 Å². The lowest BCUT2D eigenvalue weighted by atomic mass is 10.3. The van der Waals surface area contributed by atoms with Crippen molar-refractivity contribution in [3.8, 4) is 11.6 Å². The zero-order valence-electron chi connectivity index (χ0n) is 10.7. The van der Waals surface area contributed by atoms with Gasteiger partial charge in [0.1, 0.15) is 5.75 Å². The van der Waals surface area contributed by atoms with Gasteiger partial charge in [0.25, 0.3) is 5.88 Å². The van der Waals surface area contributed by atoms with E-state index in [0.29, 0.717) is 5.75 Å². The number of rotatable bonds is 4. The van der Waals surface area contributed by atoms with Crippen LogP contribution < -0.4 is 9.64 Å². The lowest BCUT2D eigenvalue weighted by Crippen LogP contribution is -2.17. The van der Waals surface area contributed by atoms with Crippen LogP contribution in [-0.2, 0) is 0 Å². The van der Waals surface area contributed by atoms with Gasteiger partial charge >= 0.3 is 5.97 Å². The Morgan fingerprint density at radius 3 is 2.90 bits per heavy atom. The predicted molar refractivity (Wildman–Crippen MR) is 71.3 cm³/mol. The summed E-state index contributed by atoms with van der Waals surface area (Å²) in [6.45, 7) is 2.07. The van der Waals surface area contributed by atoms with Crippen molar-refractivity contribution in [2.45, 2.75) is 12.8 Å². The Labute approximate surface area is 115 Å². The summed E-state index contributed by atoms with van der Waals surface area (Å²) >= 11 is 0. The molecule has 2 aromatic rings. The van der Waals surface area contributed by atoms with Crippen LogP contribution in [0.2, 0.25) is 0 Å². The van der Waals surface area contributed by atoms with Crippen LogP contribution in [0.15, 0.2) is 24.3 Å². The molecule has 0 bridgehead atoms. The molecule has 2 N–H and O–H groups in total. The molecule has 0 unspecified atom stereocenters. The Hall–Kier alpha value is -2.57. The Morgan fingerprint density at radius 1 is 1.35 bits per heavy atom. The average Bonchev–Trinajstić information content (AvgIpc) is 3.10. The smallest absolute Gasteiger partial charge is 0.359 e. The van der Waals surface area contributed by atoms with Gasteiger partial charge in [0.05, 0.1) is 0 Å². The highest BCUT2D eigenvalue weighted by Crippen LogP contribution is 2.27. The number of benzene rings is 1. The summed E-state index contributed by atoms with van der Waals surface area (Å²) in [6, 6.07) is 7.54. The van der Waals surface area contributed by atoms with E-state index in [2.05, 4.69) is 20.3 Å². The summed E-state index contributed by atoms with van der Waals surface area (Å²) in [5, 5.41) is 18.3. The molecule has 7 heteroatoms. The number of nitrogens with one attached hydrogen (secondary N) is 1. The molecule has 0 radical (unpaired) electrons. The van der Waals surface area contributed by atoms with Crippen molar-refractivity contribution < 1.29 is 14.6 Å². The maximum atomic E-state index is 10.9. The van der Waals surface area contributed by atoms with Gasteiger partial charge in [-0.15, -0.1) is 0 Å².